The van der Waals surface area contributed by atoms with Crippen molar-refractivity contribution in [2.75, 3.05) is 20.3 Å². The summed E-state index contributed by atoms with van der Waals surface area (Å²) in [6.45, 7) is 2.94. The third kappa shape index (κ3) is 7.46. The molecule has 3 nitrogen and oxygen atoms in total. The van der Waals surface area contributed by atoms with Gasteiger partial charge in [0.05, 0.1) is 0 Å². The Morgan fingerprint density at radius 3 is 2.57 bits per heavy atom. The van der Waals surface area contributed by atoms with Crippen molar-refractivity contribution < 1.29 is 13.9 Å². The summed E-state index contributed by atoms with van der Waals surface area (Å²) in [5.41, 5.74) is 2.12. The molecule has 23 heavy (non-hydrogen) atoms. The summed E-state index contributed by atoms with van der Waals surface area (Å²) in [6.07, 6.45) is 0.997. The zero-order valence-corrected chi connectivity index (χ0v) is 14.1. The molecular formula is C18H23ClFNO2. The summed E-state index contributed by atoms with van der Waals surface area (Å²) in [4.78, 5) is 0. The van der Waals surface area contributed by atoms with E-state index >= 15 is 0 Å². The van der Waals surface area contributed by atoms with E-state index in [0.29, 0.717) is 6.61 Å². The lowest BCUT2D eigenvalue weighted by Gasteiger charge is -2.09. The molecule has 2 aromatic carbocycles. The number of methoxy groups -OCH3 is 1. The molecule has 0 saturated carbocycles. The zero-order valence-electron chi connectivity index (χ0n) is 13.3. The highest BCUT2D eigenvalue weighted by Crippen LogP contribution is 2.15. The Hall–Kier alpha value is -1.62. The monoisotopic (exact) mass is 339 g/mol. The van der Waals surface area contributed by atoms with Crippen molar-refractivity contribution in [2.24, 2.45) is 0 Å². The largest absolute Gasteiger partial charge is 0.489 e. The van der Waals surface area contributed by atoms with Crippen LogP contribution < -0.4 is 10.1 Å². The van der Waals surface area contributed by atoms with Crippen molar-refractivity contribution in [1.82, 2.24) is 5.32 Å². The van der Waals surface area contributed by atoms with Gasteiger partial charge in [0, 0.05) is 20.3 Å². The maximum absolute atomic E-state index is 12.8. The van der Waals surface area contributed by atoms with Crippen LogP contribution in [0.2, 0.25) is 0 Å². The molecule has 1 N–H and O–H groups in total. The van der Waals surface area contributed by atoms with E-state index < -0.39 is 0 Å². The van der Waals surface area contributed by atoms with Crippen LogP contribution in [-0.2, 0) is 17.9 Å². The van der Waals surface area contributed by atoms with Crippen LogP contribution in [-0.4, -0.2) is 20.3 Å². The van der Waals surface area contributed by atoms with E-state index in [0.717, 1.165) is 37.4 Å². The molecule has 0 aliphatic carbocycles. The highest BCUT2D eigenvalue weighted by Gasteiger charge is 1.99. The van der Waals surface area contributed by atoms with Crippen molar-refractivity contribution in [1.29, 1.82) is 0 Å². The first kappa shape index (κ1) is 19.4. The molecule has 0 aromatic heterocycles. The SMILES string of the molecule is COCCCNCc1cccc(OCc2ccc(F)cc2)c1.Cl. The van der Waals surface area contributed by atoms with Crippen molar-refractivity contribution in [2.45, 2.75) is 19.6 Å². The molecule has 0 aliphatic rings. The van der Waals surface area contributed by atoms with Gasteiger partial charge in [0.25, 0.3) is 0 Å². The number of hydrogen-bond acceptors (Lipinski definition) is 3. The van der Waals surface area contributed by atoms with Gasteiger partial charge in [-0.2, -0.15) is 0 Å². The average molecular weight is 340 g/mol. The number of halogens is 2. The topological polar surface area (TPSA) is 30.5 Å². The molecule has 2 rings (SSSR count). The molecule has 0 fully saturated rings. The second-order valence-electron chi connectivity index (χ2n) is 5.09. The van der Waals surface area contributed by atoms with Gasteiger partial charge in [-0.15, -0.1) is 12.4 Å². The second-order valence-corrected chi connectivity index (χ2v) is 5.09. The van der Waals surface area contributed by atoms with Crippen LogP contribution in [0, 0.1) is 5.82 Å². The van der Waals surface area contributed by atoms with Gasteiger partial charge in [-0.3, -0.25) is 0 Å². The first-order chi connectivity index (χ1) is 10.8. The number of nitrogens with one attached hydrogen (secondary N) is 1. The summed E-state index contributed by atoms with van der Waals surface area (Å²) in [6, 6.07) is 14.3. The van der Waals surface area contributed by atoms with E-state index in [1.54, 1.807) is 19.2 Å². The van der Waals surface area contributed by atoms with Crippen LogP contribution >= 0.6 is 12.4 Å². The van der Waals surface area contributed by atoms with Crippen LogP contribution in [0.4, 0.5) is 4.39 Å². The van der Waals surface area contributed by atoms with E-state index in [1.807, 2.05) is 18.2 Å². The van der Waals surface area contributed by atoms with E-state index in [-0.39, 0.29) is 18.2 Å². The van der Waals surface area contributed by atoms with Gasteiger partial charge in [0.15, 0.2) is 0 Å². The Bertz CT molecular complexity index is 563. The van der Waals surface area contributed by atoms with Crippen molar-refractivity contribution in [3.05, 3.63) is 65.5 Å². The molecule has 0 heterocycles. The predicted molar refractivity (Wildman–Crippen MR) is 92.6 cm³/mol. The van der Waals surface area contributed by atoms with Crippen LogP contribution in [0.15, 0.2) is 48.5 Å². The van der Waals surface area contributed by atoms with Crippen LogP contribution in [0.25, 0.3) is 0 Å². The maximum atomic E-state index is 12.8. The van der Waals surface area contributed by atoms with Crippen LogP contribution in [0.5, 0.6) is 5.75 Å². The van der Waals surface area contributed by atoms with E-state index in [9.17, 15) is 4.39 Å². The lowest BCUT2D eigenvalue weighted by Crippen LogP contribution is -2.16. The second kappa shape index (κ2) is 11.0. The number of benzene rings is 2. The summed E-state index contributed by atoms with van der Waals surface area (Å²) in [7, 11) is 1.71. The molecule has 0 bridgehead atoms. The highest BCUT2D eigenvalue weighted by molar-refractivity contribution is 5.85. The van der Waals surface area contributed by atoms with Crippen LogP contribution in [0.1, 0.15) is 17.5 Å². The lowest BCUT2D eigenvalue weighted by atomic mass is 10.2. The summed E-state index contributed by atoms with van der Waals surface area (Å²) in [5, 5.41) is 3.37. The molecule has 126 valence electrons. The molecule has 0 atom stereocenters. The molecule has 0 unspecified atom stereocenters. The fraction of sp³-hybridized carbons (Fsp3) is 0.333. The maximum Gasteiger partial charge on any atom is 0.123 e. The smallest absolute Gasteiger partial charge is 0.123 e. The van der Waals surface area contributed by atoms with Gasteiger partial charge in [-0.05, 0) is 48.4 Å². The van der Waals surface area contributed by atoms with Gasteiger partial charge < -0.3 is 14.8 Å². The molecule has 0 aliphatic heterocycles. The van der Waals surface area contributed by atoms with Gasteiger partial charge in [-0.1, -0.05) is 24.3 Å². The zero-order chi connectivity index (χ0) is 15.6. The van der Waals surface area contributed by atoms with Gasteiger partial charge in [0.2, 0.25) is 0 Å². The van der Waals surface area contributed by atoms with Crippen molar-refractivity contribution in [3.63, 3.8) is 0 Å². The van der Waals surface area contributed by atoms with E-state index in [2.05, 4.69) is 11.4 Å². The Morgan fingerprint density at radius 1 is 1.04 bits per heavy atom. The number of rotatable bonds is 9. The minimum atomic E-state index is -0.231. The molecular weight excluding hydrogens is 317 g/mol. The Morgan fingerprint density at radius 2 is 1.83 bits per heavy atom. The Balaban J connectivity index is 0.00000264. The molecule has 0 spiro atoms. The fourth-order valence-electron chi connectivity index (χ4n) is 2.07. The van der Waals surface area contributed by atoms with Gasteiger partial charge >= 0.3 is 0 Å². The Labute approximate surface area is 143 Å². The summed E-state index contributed by atoms with van der Waals surface area (Å²) in [5.74, 6) is 0.589. The first-order valence-electron chi connectivity index (χ1n) is 7.44. The van der Waals surface area contributed by atoms with E-state index in [1.165, 1.54) is 17.7 Å². The fourth-order valence-corrected chi connectivity index (χ4v) is 2.07. The highest BCUT2D eigenvalue weighted by atomic mass is 35.5. The minimum Gasteiger partial charge on any atom is -0.489 e. The standard InChI is InChI=1S/C18H22FNO2.ClH/c1-21-11-3-10-20-13-16-4-2-5-18(12-16)22-14-15-6-8-17(19)9-7-15;/h2,4-9,12,20H,3,10-11,13-14H2,1H3;1H. The first-order valence-corrected chi connectivity index (χ1v) is 7.44. The normalized spacial score (nSPS) is 10.2. The van der Waals surface area contributed by atoms with E-state index in [4.69, 9.17) is 9.47 Å². The summed E-state index contributed by atoms with van der Waals surface area (Å²) < 4.78 is 23.6. The molecule has 0 amide bonds. The Kier molecular flexibility index (Phi) is 9.29. The molecule has 2 aromatic rings. The third-order valence-corrected chi connectivity index (χ3v) is 3.25. The lowest BCUT2D eigenvalue weighted by molar-refractivity contribution is 0.194. The van der Waals surface area contributed by atoms with Gasteiger partial charge in [-0.25, -0.2) is 4.39 Å². The number of ether oxygens (including phenoxy) is 2. The average Bonchev–Trinajstić information content (AvgIpc) is 2.55. The molecule has 0 saturated heterocycles. The third-order valence-electron chi connectivity index (χ3n) is 3.25. The van der Waals surface area contributed by atoms with Crippen molar-refractivity contribution >= 4 is 12.4 Å². The molecule has 0 radical (unpaired) electrons. The van der Waals surface area contributed by atoms with Gasteiger partial charge in [0.1, 0.15) is 18.2 Å². The summed E-state index contributed by atoms with van der Waals surface area (Å²) >= 11 is 0. The van der Waals surface area contributed by atoms with Crippen molar-refractivity contribution in [3.8, 4) is 5.75 Å². The minimum absolute atomic E-state index is 0. The number of hydrogen-bond donors (Lipinski definition) is 1. The quantitative estimate of drug-likeness (QED) is 0.702. The van der Waals surface area contributed by atoms with Crippen LogP contribution in [0.3, 0.4) is 0 Å². The predicted octanol–water partition coefficient (Wildman–Crippen LogP) is 3.95. The molecule has 5 heteroatoms.